The fourth-order valence-corrected chi connectivity index (χ4v) is 3.53. The van der Waals surface area contributed by atoms with Gasteiger partial charge in [0.2, 0.25) is 5.91 Å². The molecule has 0 aliphatic carbocycles. The summed E-state index contributed by atoms with van der Waals surface area (Å²) in [5.41, 5.74) is 4.25. The van der Waals surface area contributed by atoms with Gasteiger partial charge in [0.15, 0.2) is 0 Å². The number of nitrogens with one attached hydrogen (secondary N) is 1. The van der Waals surface area contributed by atoms with Crippen molar-refractivity contribution in [1.82, 2.24) is 14.7 Å². The first-order valence-corrected chi connectivity index (χ1v) is 10.3. The van der Waals surface area contributed by atoms with E-state index in [1.54, 1.807) is 0 Å². The first-order chi connectivity index (χ1) is 14.7. The number of para-hydroxylation sites is 1. The van der Waals surface area contributed by atoms with Crippen LogP contribution in [-0.2, 0) is 4.79 Å². The van der Waals surface area contributed by atoms with Gasteiger partial charge in [0.05, 0.1) is 25.0 Å². The first-order valence-electron chi connectivity index (χ1n) is 10.3. The second kappa shape index (κ2) is 9.41. The van der Waals surface area contributed by atoms with Crippen LogP contribution in [0.5, 0.6) is 5.75 Å². The van der Waals surface area contributed by atoms with Gasteiger partial charge >= 0.3 is 0 Å². The van der Waals surface area contributed by atoms with Crippen molar-refractivity contribution in [1.29, 1.82) is 0 Å². The molecular weight excluding hydrogens is 376 g/mol. The van der Waals surface area contributed by atoms with E-state index >= 15 is 0 Å². The molecule has 4 rings (SSSR count). The highest BCUT2D eigenvalue weighted by Gasteiger charge is 2.17. The number of nitrogens with zero attached hydrogens (tertiary/aromatic N) is 3. The van der Waals surface area contributed by atoms with E-state index in [0.717, 1.165) is 42.2 Å². The Labute approximate surface area is 176 Å². The summed E-state index contributed by atoms with van der Waals surface area (Å²) in [6.07, 6.45) is 7.07. The van der Waals surface area contributed by atoms with E-state index in [0.29, 0.717) is 13.2 Å². The van der Waals surface area contributed by atoms with Crippen molar-refractivity contribution in [2.24, 2.45) is 0 Å². The molecule has 2 heterocycles. The maximum absolute atomic E-state index is 12.4. The van der Waals surface area contributed by atoms with E-state index in [4.69, 9.17) is 4.74 Å². The first kappa shape index (κ1) is 19.9. The maximum Gasteiger partial charge on any atom is 0.238 e. The Hall–Kier alpha value is -3.38. The molecule has 2 aromatic carbocycles. The second-order valence-electron chi connectivity index (χ2n) is 7.23. The van der Waals surface area contributed by atoms with Crippen molar-refractivity contribution in [2.45, 2.75) is 13.3 Å². The molecule has 1 aliphatic rings. The maximum atomic E-state index is 12.4. The number of aromatic nitrogens is 2. The molecule has 0 bridgehead atoms. The van der Waals surface area contributed by atoms with Crippen LogP contribution in [0.2, 0.25) is 0 Å². The number of hydrogen-bond donors (Lipinski definition) is 1. The molecular formula is C24H26N4O2. The largest absolute Gasteiger partial charge is 0.494 e. The van der Waals surface area contributed by atoms with Gasteiger partial charge in [-0.3, -0.25) is 9.69 Å². The van der Waals surface area contributed by atoms with Crippen LogP contribution >= 0.6 is 0 Å². The van der Waals surface area contributed by atoms with Crippen molar-refractivity contribution in [2.75, 3.05) is 31.6 Å². The highest BCUT2D eigenvalue weighted by Crippen LogP contribution is 2.23. The molecule has 6 heteroatoms. The van der Waals surface area contributed by atoms with Crippen LogP contribution in [-0.4, -0.2) is 46.8 Å². The third kappa shape index (κ3) is 4.96. The average molecular weight is 402 g/mol. The van der Waals surface area contributed by atoms with Gasteiger partial charge in [-0.2, -0.15) is 5.10 Å². The van der Waals surface area contributed by atoms with Crippen LogP contribution in [0.1, 0.15) is 18.9 Å². The summed E-state index contributed by atoms with van der Waals surface area (Å²) >= 11 is 0. The van der Waals surface area contributed by atoms with Gasteiger partial charge in [-0.05, 0) is 55.3 Å². The van der Waals surface area contributed by atoms with Gasteiger partial charge in [0, 0.05) is 30.5 Å². The summed E-state index contributed by atoms with van der Waals surface area (Å²) in [4.78, 5) is 14.5. The fourth-order valence-electron chi connectivity index (χ4n) is 3.53. The van der Waals surface area contributed by atoms with E-state index in [1.165, 1.54) is 5.57 Å². The molecule has 1 N–H and O–H groups in total. The Bertz CT molecular complexity index is 1010. The van der Waals surface area contributed by atoms with Crippen LogP contribution in [0, 0.1) is 0 Å². The summed E-state index contributed by atoms with van der Waals surface area (Å²) in [6.45, 7) is 4.55. The third-order valence-electron chi connectivity index (χ3n) is 5.08. The Balaban J connectivity index is 1.30. The minimum absolute atomic E-state index is 0.00657. The highest BCUT2D eigenvalue weighted by molar-refractivity contribution is 5.92. The topological polar surface area (TPSA) is 59.4 Å². The molecule has 154 valence electrons. The second-order valence-corrected chi connectivity index (χ2v) is 7.23. The number of carbonyl (C=O) groups excluding carboxylic acids is 1. The van der Waals surface area contributed by atoms with Crippen molar-refractivity contribution in [3.05, 3.63) is 78.6 Å². The Morgan fingerprint density at radius 3 is 2.63 bits per heavy atom. The molecule has 3 aromatic rings. The minimum Gasteiger partial charge on any atom is -0.494 e. The molecule has 0 saturated heterocycles. The van der Waals surface area contributed by atoms with Gasteiger partial charge < -0.3 is 10.1 Å². The van der Waals surface area contributed by atoms with Crippen molar-refractivity contribution >= 4 is 17.2 Å². The Morgan fingerprint density at radius 1 is 1.13 bits per heavy atom. The molecule has 0 fully saturated rings. The predicted octanol–water partition coefficient (Wildman–Crippen LogP) is 4.00. The van der Waals surface area contributed by atoms with E-state index < -0.39 is 0 Å². The smallest absolute Gasteiger partial charge is 0.238 e. The van der Waals surface area contributed by atoms with Crippen molar-refractivity contribution in [3.63, 3.8) is 0 Å². The lowest BCUT2D eigenvalue weighted by Crippen LogP contribution is -2.36. The Kier molecular flexibility index (Phi) is 6.25. The van der Waals surface area contributed by atoms with Gasteiger partial charge in [0.1, 0.15) is 5.75 Å². The van der Waals surface area contributed by atoms with Crippen LogP contribution in [0.3, 0.4) is 0 Å². The summed E-state index contributed by atoms with van der Waals surface area (Å²) in [6, 6.07) is 17.5. The number of carbonyl (C=O) groups is 1. The number of rotatable bonds is 7. The molecule has 0 saturated carbocycles. The third-order valence-corrected chi connectivity index (χ3v) is 5.08. The normalized spacial score (nSPS) is 14.2. The van der Waals surface area contributed by atoms with Crippen molar-refractivity contribution < 1.29 is 9.53 Å². The lowest BCUT2D eigenvalue weighted by Gasteiger charge is -2.25. The standard InChI is InChI=1S/C24H26N4O2/c1-2-30-23-10-8-21(9-11-23)26-24(29)18-27-14-12-19(13-15-27)20-16-25-28(17-20)22-6-4-3-5-7-22/h3-12,16-17H,2,13-15,18H2,1H3,(H,26,29). The summed E-state index contributed by atoms with van der Waals surface area (Å²) in [5, 5.41) is 7.44. The SMILES string of the molecule is CCOc1ccc(NC(=O)CN2CC=C(c3cnn(-c4ccccc4)c3)CC2)cc1. The zero-order valence-corrected chi connectivity index (χ0v) is 17.1. The summed E-state index contributed by atoms with van der Waals surface area (Å²) in [5.74, 6) is 0.799. The lowest BCUT2D eigenvalue weighted by atomic mass is 10.0. The number of ether oxygens (including phenoxy) is 1. The quantitative estimate of drug-likeness (QED) is 0.649. The Morgan fingerprint density at radius 2 is 1.93 bits per heavy atom. The van der Waals surface area contributed by atoms with E-state index in [9.17, 15) is 4.79 Å². The van der Waals surface area contributed by atoms with E-state index in [1.807, 2.05) is 72.4 Å². The molecule has 0 unspecified atom stereocenters. The van der Waals surface area contributed by atoms with Gasteiger partial charge in [0.25, 0.3) is 0 Å². The van der Waals surface area contributed by atoms with Crippen LogP contribution in [0.4, 0.5) is 5.69 Å². The fraction of sp³-hybridized carbons (Fsp3) is 0.250. The molecule has 0 radical (unpaired) electrons. The molecule has 1 aromatic heterocycles. The number of benzene rings is 2. The number of amides is 1. The van der Waals surface area contributed by atoms with Gasteiger partial charge in [-0.1, -0.05) is 24.3 Å². The molecule has 30 heavy (non-hydrogen) atoms. The molecule has 0 spiro atoms. The van der Waals surface area contributed by atoms with Crippen LogP contribution in [0.15, 0.2) is 73.1 Å². The summed E-state index contributed by atoms with van der Waals surface area (Å²) < 4.78 is 7.32. The van der Waals surface area contributed by atoms with Crippen LogP contribution < -0.4 is 10.1 Å². The monoisotopic (exact) mass is 402 g/mol. The number of hydrogen-bond acceptors (Lipinski definition) is 4. The zero-order valence-electron chi connectivity index (χ0n) is 17.1. The van der Waals surface area contributed by atoms with E-state index in [-0.39, 0.29) is 5.91 Å². The predicted molar refractivity (Wildman–Crippen MR) is 119 cm³/mol. The van der Waals surface area contributed by atoms with Gasteiger partial charge in [-0.15, -0.1) is 0 Å². The minimum atomic E-state index is -0.00657. The molecule has 0 atom stereocenters. The average Bonchev–Trinajstić information content (AvgIpc) is 3.27. The van der Waals surface area contributed by atoms with Gasteiger partial charge in [-0.25, -0.2) is 4.68 Å². The number of anilines is 1. The highest BCUT2D eigenvalue weighted by atomic mass is 16.5. The molecule has 1 amide bonds. The van der Waals surface area contributed by atoms with E-state index in [2.05, 4.69) is 27.6 Å². The van der Waals surface area contributed by atoms with Crippen molar-refractivity contribution in [3.8, 4) is 11.4 Å². The molecule has 1 aliphatic heterocycles. The molecule has 6 nitrogen and oxygen atoms in total. The van der Waals surface area contributed by atoms with Crippen LogP contribution in [0.25, 0.3) is 11.3 Å². The zero-order chi connectivity index (χ0) is 20.8. The summed E-state index contributed by atoms with van der Waals surface area (Å²) in [7, 11) is 0. The lowest BCUT2D eigenvalue weighted by molar-refractivity contribution is -0.117.